The van der Waals surface area contributed by atoms with Gasteiger partial charge in [-0.15, -0.1) is 0 Å². The van der Waals surface area contributed by atoms with E-state index in [1.807, 2.05) is 24.4 Å². The molecule has 4 heteroatoms. The van der Waals surface area contributed by atoms with Gasteiger partial charge in [-0.1, -0.05) is 30.3 Å². The second kappa shape index (κ2) is 4.90. The fourth-order valence-electron chi connectivity index (χ4n) is 2.19. The lowest BCUT2D eigenvalue weighted by Gasteiger charge is -2.04. The first-order chi connectivity index (χ1) is 8.83. The van der Waals surface area contributed by atoms with Gasteiger partial charge >= 0.3 is 0 Å². The Bertz CT molecular complexity index is 551. The van der Waals surface area contributed by atoms with Crippen LogP contribution in [-0.2, 0) is 12.8 Å². The standard InChI is InChI=1S/C14H14N2OS/c17-14(11-6-2-1-3-7-11)15-16-10-12-8-4-5-9-13(12)18-16/h1-3,6-7,10H,4-5,8-9H2. The van der Waals surface area contributed by atoms with E-state index in [9.17, 15) is 5.11 Å². The predicted octanol–water partition coefficient (Wildman–Crippen LogP) is 1.48. The molecular formula is C14H14N2OS. The molecule has 1 aromatic carbocycles. The molecule has 0 aliphatic heterocycles. The van der Waals surface area contributed by atoms with Crippen LogP contribution >= 0.6 is 11.5 Å². The first-order valence-corrected chi connectivity index (χ1v) is 6.95. The summed E-state index contributed by atoms with van der Waals surface area (Å²) in [4.78, 5) is 1.38. The summed E-state index contributed by atoms with van der Waals surface area (Å²) in [5, 5.41) is 16.1. The van der Waals surface area contributed by atoms with E-state index in [4.69, 9.17) is 0 Å². The van der Waals surface area contributed by atoms with E-state index in [-0.39, 0.29) is 5.90 Å². The van der Waals surface area contributed by atoms with Gasteiger partial charge in [-0.3, -0.25) is 0 Å². The first kappa shape index (κ1) is 11.4. The molecule has 1 aliphatic rings. The number of rotatable bonds is 2. The van der Waals surface area contributed by atoms with E-state index in [0.29, 0.717) is 5.56 Å². The van der Waals surface area contributed by atoms with Crippen LogP contribution in [0.1, 0.15) is 28.8 Å². The Balaban J connectivity index is 1.89. The van der Waals surface area contributed by atoms with Crippen LogP contribution < -0.4 is 9.17 Å². The molecule has 0 spiro atoms. The molecule has 3 rings (SSSR count). The van der Waals surface area contributed by atoms with Crippen molar-refractivity contribution in [2.45, 2.75) is 25.7 Å². The zero-order chi connectivity index (χ0) is 12.4. The summed E-state index contributed by atoms with van der Waals surface area (Å²) in [6, 6.07) is 9.19. The molecule has 0 saturated heterocycles. The van der Waals surface area contributed by atoms with Crippen LogP contribution in [0.5, 0.6) is 0 Å². The molecule has 0 saturated carbocycles. The lowest BCUT2D eigenvalue weighted by atomic mass is 10.0. The average Bonchev–Trinajstić information content (AvgIpc) is 2.82. The van der Waals surface area contributed by atoms with Crippen molar-refractivity contribution < 1.29 is 9.17 Å². The van der Waals surface area contributed by atoms with Crippen molar-refractivity contribution in [2.24, 2.45) is 5.10 Å². The predicted molar refractivity (Wildman–Crippen MR) is 69.5 cm³/mol. The quantitative estimate of drug-likeness (QED) is 0.457. The van der Waals surface area contributed by atoms with Crippen LogP contribution in [-0.4, -0.2) is 5.90 Å². The van der Waals surface area contributed by atoms with E-state index in [0.717, 1.165) is 12.8 Å². The molecule has 0 unspecified atom stereocenters. The molecule has 0 N–H and O–H groups in total. The normalized spacial score (nSPS) is 15.4. The fraction of sp³-hybridized carbons (Fsp3) is 0.286. The van der Waals surface area contributed by atoms with E-state index in [1.165, 1.54) is 23.3 Å². The van der Waals surface area contributed by atoms with Gasteiger partial charge in [0.15, 0.2) is 11.5 Å². The minimum atomic E-state index is -0.181. The Morgan fingerprint density at radius 2 is 1.94 bits per heavy atom. The highest BCUT2D eigenvalue weighted by atomic mass is 32.1. The molecule has 0 radical (unpaired) electrons. The summed E-state index contributed by atoms with van der Waals surface area (Å²) in [6.07, 6.45) is 6.74. The summed E-state index contributed by atoms with van der Waals surface area (Å²) in [7, 11) is 0. The lowest BCUT2D eigenvalue weighted by Crippen LogP contribution is -2.30. The molecule has 0 amide bonds. The third-order valence-corrected chi connectivity index (χ3v) is 4.20. The van der Waals surface area contributed by atoms with Crippen LogP contribution in [0.15, 0.2) is 41.6 Å². The second-order valence-corrected chi connectivity index (χ2v) is 5.50. The summed E-state index contributed by atoms with van der Waals surface area (Å²) < 4.78 is 1.71. The van der Waals surface area contributed by atoms with Crippen LogP contribution in [0.3, 0.4) is 0 Å². The highest BCUT2D eigenvalue weighted by Gasteiger charge is 2.19. The fourth-order valence-corrected chi connectivity index (χ4v) is 3.22. The number of nitrogens with zero attached hydrogens (tertiary/aromatic N) is 2. The number of hydrogen-bond acceptors (Lipinski definition) is 3. The van der Waals surface area contributed by atoms with E-state index in [2.05, 4.69) is 5.10 Å². The minimum absolute atomic E-state index is 0.181. The molecule has 2 aromatic rings. The van der Waals surface area contributed by atoms with Gasteiger partial charge in [-0.05, 0) is 31.2 Å². The van der Waals surface area contributed by atoms with Crippen molar-refractivity contribution in [1.29, 1.82) is 0 Å². The molecule has 3 nitrogen and oxygen atoms in total. The van der Waals surface area contributed by atoms with Crippen LogP contribution in [0.25, 0.3) is 0 Å². The van der Waals surface area contributed by atoms with Crippen LogP contribution in [0.2, 0.25) is 0 Å². The molecular weight excluding hydrogens is 244 g/mol. The molecule has 0 bridgehead atoms. The van der Waals surface area contributed by atoms with Crippen molar-refractivity contribution >= 4 is 17.4 Å². The Morgan fingerprint density at radius 1 is 1.17 bits per heavy atom. The van der Waals surface area contributed by atoms with Gasteiger partial charge in [-0.2, -0.15) is 0 Å². The van der Waals surface area contributed by atoms with Crippen LogP contribution in [0.4, 0.5) is 0 Å². The summed E-state index contributed by atoms with van der Waals surface area (Å²) in [6.45, 7) is 0. The van der Waals surface area contributed by atoms with Gasteiger partial charge in [0.2, 0.25) is 6.20 Å². The van der Waals surface area contributed by atoms with Gasteiger partial charge < -0.3 is 5.11 Å². The topological polar surface area (TPSA) is 39.3 Å². The average molecular weight is 258 g/mol. The Morgan fingerprint density at radius 3 is 2.72 bits per heavy atom. The summed E-state index contributed by atoms with van der Waals surface area (Å²) >= 11 is 1.59. The number of benzene rings is 1. The SMILES string of the molecule is [O-]/C(=N\[n+]1cc2c(s1)CCCC2)c1ccccc1. The highest BCUT2D eigenvalue weighted by molar-refractivity contribution is 7.01. The van der Waals surface area contributed by atoms with Crippen molar-refractivity contribution in [3.63, 3.8) is 0 Å². The zero-order valence-electron chi connectivity index (χ0n) is 10.0. The van der Waals surface area contributed by atoms with E-state index in [1.54, 1.807) is 27.7 Å². The third kappa shape index (κ3) is 2.29. The monoisotopic (exact) mass is 258 g/mol. The maximum Gasteiger partial charge on any atom is 0.222 e. The first-order valence-electron chi connectivity index (χ1n) is 6.18. The second-order valence-electron chi connectivity index (χ2n) is 4.45. The van der Waals surface area contributed by atoms with Gasteiger partial charge in [0.25, 0.3) is 0 Å². The number of fused-ring (bicyclic) bond motifs is 1. The highest BCUT2D eigenvalue weighted by Crippen LogP contribution is 2.22. The van der Waals surface area contributed by atoms with Gasteiger partial charge in [0.1, 0.15) is 0 Å². The van der Waals surface area contributed by atoms with Crippen molar-refractivity contribution in [3.8, 4) is 0 Å². The smallest absolute Gasteiger partial charge is 0.222 e. The van der Waals surface area contributed by atoms with Gasteiger partial charge in [0.05, 0.1) is 10.8 Å². The summed E-state index contributed by atoms with van der Waals surface area (Å²) in [5.74, 6) is -0.181. The zero-order valence-corrected chi connectivity index (χ0v) is 10.8. The largest absolute Gasteiger partial charge is 0.854 e. The van der Waals surface area contributed by atoms with E-state index < -0.39 is 0 Å². The Hall–Kier alpha value is -1.68. The van der Waals surface area contributed by atoms with Crippen molar-refractivity contribution in [2.75, 3.05) is 0 Å². The Kier molecular flexibility index (Phi) is 3.11. The van der Waals surface area contributed by atoms with Crippen molar-refractivity contribution in [1.82, 2.24) is 0 Å². The number of aryl methyl sites for hydroxylation is 2. The Labute approximate surface area is 110 Å². The van der Waals surface area contributed by atoms with Gasteiger partial charge in [-0.25, -0.2) is 0 Å². The van der Waals surface area contributed by atoms with E-state index >= 15 is 0 Å². The third-order valence-electron chi connectivity index (χ3n) is 3.14. The molecule has 92 valence electrons. The number of aromatic nitrogens is 1. The van der Waals surface area contributed by atoms with Crippen LogP contribution in [0, 0.1) is 0 Å². The molecule has 1 aromatic heterocycles. The lowest BCUT2D eigenvalue weighted by molar-refractivity contribution is -0.612. The molecule has 18 heavy (non-hydrogen) atoms. The molecule has 1 heterocycles. The molecule has 1 aliphatic carbocycles. The maximum absolute atomic E-state index is 11.9. The number of hydrogen-bond donors (Lipinski definition) is 0. The van der Waals surface area contributed by atoms with Crippen molar-refractivity contribution in [3.05, 3.63) is 52.5 Å². The summed E-state index contributed by atoms with van der Waals surface area (Å²) in [5.41, 5.74) is 1.99. The van der Waals surface area contributed by atoms with Gasteiger partial charge in [0, 0.05) is 14.7 Å². The molecule has 0 fully saturated rings. The minimum Gasteiger partial charge on any atom is -0.854 e. The molecule has 0 atom stereocenters. The maximum atomic E-state index is 11.9.